The maximum absolute atomic E-state index is 8.28. The topological polar surface area (TPSA) is 48.8 Å². The third-order valence-corrected chi connectivity index (χ3v) is 2.76. The van der Waals surface area contributed by atoms with Gasteiger partial charge in [-0.3, -0.25) is 5.41 Å². The van der Waals surface area contributed by atoms with E-state index < -0.39 is 0 Å². The van der Waals surface area contributed by atoms with E-state index in [0.29, 0.717) is 5.71 Å². The fourth-order valence-electron chi connectivity index (χ4n) is 1.79. The summed E-state index contributed by atoms with van der Waals surface area (Å²) in [4.78, 5) is 4.28. The summed E-state index contributed by atoms with van der Waals surface area (Å²) in [5.41, 5.74) is 3.44. The second kappa shape index (κ2) is 5.45. The summed E-state index contributed by atoms with van der Waals surface area (Å²) in [5, 5.41) is 11.5. The average molecular weight is 239 g/mol. The van der Waals surface area contributed by atoms with Gasteiger partial charge in [0.15, 0.2) is 0 Å². The average Bonchev–Trinajstić information content (AvgIpc) is 2.40. The molecule has 0 bridgehead atoms. The van der Waals surface area contributed by atoms with E-state index >= 15 is 0 Å². The first-order valence-electron chi connectivity index (χ1n) is 6.07. The fraction of sp³-hybridized carbons (Fsp3) is 0.200. The number of nitrogens with zero attached hydrogens (tertiary/aromatic N) is 1. The maximum Gasteiger partial charge on any atom is 0.135 e. The number of anilines is 1. The molecule has 0 unspecified atom stereocenters. The van der Waals surface area contributed by atoms with Crippen molar-refractivity contribution in [1.82, 2.24) is 4.98 Å². The Hall–Kier alpha value is -2.16. The fourth-order valence-corrected chi connectivity index (χ4v) is 1.79. The SMILES string of the molecule is CCNc1ncccc1C(=N)c1ccc(C)cc1. The highest BCUT2D eigenvalue weighted by molar-refractivity contribution is 6.13. The van der Waals surface area contributed by atoms with E-state index in [0.717, 1.165) is 23.5 Å². The van der Waals surface area contributed by atoms with Crippen LogP contribution in [0.15, 0.2) is 42.6 Å². The molecule has 0 saturated carbocycles. The summed E-state index contributed by atoms with van der Waals surface area (Å²) >= 11 is 0. The van der Waals surface area contributed by atoms with Crippen LogP contribution in [-0.4, -0.2) is 17.2 Å². The van der Waals surface area contributed by atoms with E-state index in [-0.39, 0.29) is 0 Å². The molecule has 1 heterocycles. The molecule has 2 aromatic rings. The highest BCUT2D eigenvalue weighted by atomic mass is 15.0. The summed E-state index contributed by atoms with van der Waals surface area (Å²) in [6.45, 7) is 4.86. The molecule has 0 fully saturated rings. The summed E-state index contributed by atoms with van der Waals surface area (Å²) in [5.74, 6) is 0.769. The molecular formula is C15H17N3. The molecule has 0 atom stereocenters. The normalized spacial score (nSPS) is 10.1. The molecular weight excluding hydrogens is 222 g/mol. The van der Waals surface area contributed by atoms with E-state index in [1.807, 2.05) is 50.2 Å². The van der Waals surface area contributed by atoms with Gasteiger partial charge in [0.25, 0.3) is 0 Å². The summed E-state index contributed by atoms with van der Waals surface area (Å²) < 4.78 is 0. The summed E-state index contributed by atoms with van der Waals surface area (Å²) in [6.07, 6.45) is 1.74. The van der Waals surface area contributed by atoms with Gasteiger partial charge in [-0.2, -0.15) is 0 Å². The number of pyridine rings is 1. The molecule has 1 aromatic heterocycles. The zero-order valence-electron chi connectivity index (χ0n) is 10.7. The molecule has 3 nitrogen and oxygen atoms in total. The van der Waals surface area contributed by atoms with Crippen molar-refractivity contribution in [3.63, 3.8) is 0 Å². The van der Waals surface area contributed by atoms with Crippen LogP contribution in [0.3, 0.4) is 0 Å². The first-order valence-corrected chi connectivity index (χ1v) is 6.07. The van der Waals surface area contributed by atoms with Gasteiger partial charge in [0.2, 0.25) is 0 Å². The zero-order valence-corrected chi connectivity index (χ0v) is 10.7. The molecule has 0 saturated heterocycles. The van der Waals surface area contributed by atoms with Gasteiger partial charge in [0, 0.05) is 23.9 Å². The van der Waals surface area contributed by atoms with Crippen LogP contribution in [0, 0.1) is 12.3 Å². The van der Waals surface area contributed by atoms with E-state index in [9.17, 15) is 0 Å². The first-order chi connectivity index (χ1) is 8.72. The van der Waals surface area contributed by atoms with Crippen LogP contribution in [0.4, 0.5) is 5.82 Å². The largest absolute Gasteiger partial charge is 0.370 e. The minimum absolute atomic E-state index is 0.499. The maximum atomic E-state index is 8.28. The molecule has 2 rings (SSSR count). The zero-order chi connectivity index (χ0) is 13.0. The molecule has 1 aromatic carbocycles. The van der Waals surface area contributed by atoms with Gasteiger partial charge in [-0.15, -0.1) is 0 Å². The van der Waals surface area contributed by atoms with Crippen LogP contribution in [0.5, 0.6) is 0 Å². The monoisotopic (exact) mass is 239 g/mol. The van der Waals surface area contributed by atoms with Gasteiger partial charge < -0.3 is 5.32 Å². The molecule has 92 valence electrons. The van der Waals surface area contributed by atoms with Crippen LogP contribution in [-0.2, 0) is 0 Å². The smallest absolute Gasteiger partial charge is 0.135 e. The van der Waals surface area contributed by atoms with Gasteiger partial charge in [-0.1, -0.05) is 29.8 Å². The van der Waals surface area contributed by atoms with E-state index in [2.05, 4.69) is 10.3 Å². The van der Waals surface area contributed by atoms with Crippen molar-refractivity contribution in [3.8, 4) is 0 Å². The molecule has 2 N–H and O–H groups in total. The third kappa shape index (κ3) is 2.56. The van der Waals surface area contributed by atoms with E-state index in [1.54, 1.807) is 6.20 Å². The Morgan fingerprint density at radius 3 is 2.61 bits per heavy atom. The Morgan fingerprint density at radius 1 is 1.22 bits per heavy atom. The molecule has 0 aliphatic heterocycles. The van der Waals surface area contributed by atoms with Crippen molar-refractivity contribution in [2.24, 2.45) is 0 Å². The predicted molar refractivity (Wildman–Crippen MR) is 75.5 cm³/mol. The van der Waals surface area contributed by atoms with Crippen LogP contribution >= 0.6 is 0 Å². The first kappa shape index (κ1) is 12.3. The molecule has 0 spiro atoms. The lowest BCUT2D eigenvalue weighted by Gasteiger charge is -2.10. The molecule has 0 aliphatic rings. The lowest BCUT2D eigenvalue weighted by Crippen LogP contribution is -2.09. The quantitative estimate of drug-likeness (QED) is 0.805. The number of rotatable bonds is 4. The minimum atomic E-state index is 0.499. The molecule has 0 amide bonds. The van der Waals surface area contributed by atoms with E-state index in [1.165, 1.54) is 5.56 Å². The molecule has 0 radical (unpaired) electrons. The lowest BCUT2D eigenvalue weighted by molar-refractivity contribution is 1.15. The van der Waals surface area contributed by atoms with Crippen molar-refractivity contribution >= 4 is 11.5 Å². The highest BCUT2D eigenvalue weighted by Crippen LogP contribution is 2.17. The highest BCUT2D eigenvalue weighted by Gasteiger charge is 2.09. The Bertz CT molecular complexity index is 544. The number of aryl methyl sites for hydroxylation is 1. The van der Waals surface area contributed by atoms with Crippen molar-refractivity contribution in [3.05, 3.63) is 59.3 Å². The predicted octanol–water partition coefficient (Wildman–Crippen LogP) is 3.24. The Morgan fingerprint density at radius 2 is 1.94 bits per heavy atom. The Balaban J connectivity index is 2.36. The van der Waals surface area contributed by atoms with Gasteiger partial charge in [-0.25, -0.2) is 4.98 Å². The lowest BCUT2D eigenvalue weighted by atomic mass is 10.0. The van der Waals surface area contributed by atoms with E-state index in [4.69, 9.17) is 5.41 Å². The standard InChI is InChI=1S/C15H17N3/c1-3-17-15-13(5-4-10-18-15)14(16)12-8-6-11(2)7-9-12/h4-10,16H,3H2,1-2H3,(H,17,18). The number of hydrogen-bond acceptors (Lipinski definition) is 3. The second-order valence-corrected chi connectivity index (χ2v) is 4.17. The van der Waals surface area contributed by atoms with Crippen LogP contribution in [0.25, 0.3) is 0 Å². The van der Waals surface area contributed by atoms with Crippen LogP contribution in [0.2, 0.25) is 0 Å². The Labute approximate surface area is 107 Å². The van der Waals surface area contributed by atoms with Crippen molar-refractivity contribution in [2.75, 3.05) is 11.9 Å². The second-order valence-electron chi connectivity index (χ2n) is 4.17. The third-order valence-electron chi connectivity index (χ3n) is 2.76. The minimum Gasteiger partial charge on any atom is -0.370 e. The van der Waals surface area contributed by atoms with Gasteiger partial charge in [0.1, 0.15) is 5.82 Å². The number of nitrogens with one attached hydrogen (secondary N) is 2. The summed E-state index contributed by atoms with van der Waals surface area (Å²) in [6, 6.07) is 11.8. The summed E-state index contributed by atoms with van der Waals surface area (Å²) in [7, 11) is 0. The van der Waals surface area contributed by atoms with Crippen molar-refractivity contribution < 1.29 is 0 Å². The van der Waals surface area contributed by atoms with Crippen molar-refractivity contribution in [1.29, 1.82) is 5.41 Å². The van der Waals surface area contributed by atoms with Gasteiger partial charge >= 0.3 is 0 Å². The number of aromatic nitrogens is 1. The van der Waals surface area contributed by atoms with Gasteiger partial charge in [0.05, 0.1) is 5.71 Å². The molecule has 18 heavy (non-hydrogen) atoms. The molecule has 3 heteroatoms. The number of hydrogen-bond donors (Lipinski definition) is 2. The van der Waals surface area contributed by atoms with Crippen molar-refractivity contribution in [2.45, 2.75) is 13.8 Å². The van der Waals surface area contributed by atoms with Crippen LogP contribution < -0.4 is 5.32 Å². The van der Waals surface area contributed by atoms with Crippen LogP contribution in [0.1, 0.15) is 23.6 Å². The Kier molecular flexibility index (Phi) is 3.72. The number of benzene rings is 1. The molecule has 0 aliphatic carbocycles. The van der Waals surface area contributed by atoms with Gasteiger partial charge in [-0.05, 0) is 26.0 Å².